The number of thiophene rings is 1. The number of likely N-dealkylation sites (tertiary alicyclic amines) is 1. The Morgan fingerprint density at radius 1 is 1.29 bits per heavy atom. The molecule has 2 heterocycles. The quantitative estimate of drug-likeness (QED) is 0.306. The second-order valence-electron chi connectivity index (χ2n) is 6.54. The fraction of sp³-hybridized carbons (Fsp3) is 0.611. The smallest absolute Gasteiger partial charge is 0.191 e. The van der Waals surface area contributed by atoms with Gasteiger partial charge in [-0.15, -0.1) is 35.3 Å². The number of piperidine rings is 1. The van der Waals surface area contributed by atoms with Gasteiger partial charge in [0, 0.05) is 31.1 Å². The van der Waals surface area contributed by atoms with E-state index in [-0.39, 0.29) is 24.0 Å². The van der Waals surface area contributed by atoms with Crippen LogP contribution in [0.3, 0.4) is 0 Å². The molecule has 1 aromatic rings. The molecule has 134 valence electrons. The lowest BCUT2D eigenvalue weighted by Gasteiger charge is -2.32. The molecular formula is C18H29IN4S. The van der Waals surface area contributed by atoms with Crippen LogP contribution in [-0.2, 0) is 6.54 Å². The van der Waals surface area contributed by atoms with E-state index in [0.29, 0.717) is 6.04 Å². The van der Waals surface area contributed by atoms with E-state index in [4.69, 9.17) is 0 Å². The molecular weight excluding hydrogens is 431 g/mol. The van der Waals surface area contributed by atoms with Crippen molar-refractivity contribution in [2.45, 2.75) is 38.3 Å². The Labute approximate surface area is 166 Å². The van der Waals surface area contributed by atoms with Crippen molar-refractivity contribution < 1.29 is 0 Å². The van der Waals surface area contributed by atoms with Gasteiger partial charge < -0.3 is 10.6 Å². The van der Waals surface area contributed by atoms with Crippen molar-refractivity contribution >= 4 is 41.3 Å². The minimum Gasteiger partial charge on any atom is -0.356 e. The third-order valence-electron chi connectivity index (χ3n) is 4.80. The fourth-order valence-electron chi connectivity index (χ4n) is 3.34. The molecule has 0 aromatic carbocycles. The van der Waals surface area contributed by atoms with E-state index in [1.807, 2.05) is 18.4 Å². The van der Waals surface area contributed by atoms with Gasteiger partial charge in [0.05, 0.1) is 0 Å². The van der Waals surface area contributed by atoms with E-state index in [9.17, 15) is 0 Å². The summed E-state index contributed by atoms with van der Waals surface area (Å²) in [5, 5.41) is 9.20. The maximum Gasteiger partial charge on any atom is 0.191 e. The normalized spacial score (nSPS) is 20.1. The SMILES string of the molecule is CN=C(NCC1CCN(Cc2cccs2)CC1)NC1CC=CC1.I. The second-order valence-corrected chi connectivity index (χ2v) is 7.57. The molecule has 0 spiro atoms. The number of guanidine groups is 1. The predicted octanol–water partition coefficient (Wildman–Crippen LogP) is 3.46. The van der Waals surface area contributed by atoms with Crippen molar-refractivity contribution in [3.63, 3.8) is 0 Å². The van der Waals surface area contributed by atoms with Crippen LogP contribution >= 0.6 is 35.3 Å². The molecule has 1 saturated heterocycles. The molecule has 6 heteroatoms. The van der Waals surface area contributed by atoms with E-state index >= 15 is 0 Å². The highest BCUT2D eigenvalue weighted by Gasteiger charge is 2.20. The molecule has 0 radical (unpaired) electrons. The van der Waals surface area contributed by atoms with Crippen LogP contribution in [0.5, 0.6) is 0 Å². The van der Waals surface area contributed by atoms with Gasteiger partial charge in [-0.3, -0.25) is 9.89 Å². The van der Waals surface area contributed by atoms with Gasteiger partial charge in [0.1, 0.15) is 0 Å². The minimum absolute atomic E-state index is 0. The third-order valence-corrected chi connectivity index (χ3v) is 5.66. The molecule has 3 rings (SSSR count). The van der Waals surface area contributed by atoms with Crippen LogP contribution in [0.4, 0.5) is 0 Å². The summed E-state index contributed by atoms with van der Waals surface area (Å²) in [6.07, 6.45) is 9.27. The van der Waals surface area contributed by atoms with Gasteiger partial charge >= 0.3 is 0 Å². The van der Waals surface area contributed by atoms with Crippen LogP contribution in [0.1, 0.15) is 30.6 Å². The van der Waals surface area contributed by atoms with Crippen molar-refractivity contribution in [1.29, 1.82) is 0 Å². The van der Waals surface area contributed by atoms with Crippen molar-refractivity contribution in [3.8, 4) is 0 Å². The Balaban J connectivity index is 0.00000208. The van der Waals surface area contributed by atoms with E-state index in [0.717, 1.165) is 37.8 Å². The Hall–Kier alpha value is -0.600. The second kappa shape index (κ2) is 10.4. The van der Waals surface area contributed by atoms with Crippen molar-refractivity contribution in [3.05, 3.63) is 34.5 Å². The van der Waals surface area contributed by atoms with E-state index in [2.05, 4.69) is 50.2 Å². The standard InChI is InChI=1S/C18H28N4S.HI/c1-19-18(21-16-5-2-3-6-16)20-13-15-8-10-22(11-9-15)14-17-7-4-12-23-17;/h2-4,7,12,15-16H,5-6,8-11,13-14H2,1H3,(H2,19,20,21);1H. The summed E-state index contributed by atoms with van der Waals surface area (Å²) in [5.41, 5.74) is 0. The monoisotopic (exact) mass is 460 g/mol. The zero-order chi connectivity index (χ0) is 15.9. The van der Waals surface area contributed by atoms with Crippen molar-refractivity contribution in [2.75, 3.05) is 26.7 Å². The van der Waals surface area contributed by atoms with E-state index < -0.39 is 0 Å². The molecule has 0 amide bonds. The summed E-state index contributed by atoms with van der Waals surface area (Å²) < 4.78 is 0. The highest BCUT2D eigenvalue weighted by molar-refractivity contribution is 14.0. The highest BCUT2D eigenvalue weighted by atomic mass is 127. The van der Waals surface area contributed by atoms with Gasteiger partial charge in [0.15, 0.2) is 5.96 Å². The van der Waals surface area contributed by atoms with Gasteiger partial charge in [-0.25, -0.2) is 0 Å². The maximum absolute atomic E-state index is 4.36. The lowest BCUT2D eigenvalue weighted by Crippen LogP contribution is -2.45. The maximum atomic E-state index is 4.36. The summed E-state index contributed by atoms with van der Waals surface area (Å²) in [6, 6.07) is 4.91. The summed E-state index contributed by atoms with van der Waals surface area (Å²) >= 11 is 1.87. The number of halogens is 1. The summed E-state index contributed by atoms with van der Waals surface area (Å²) in [6.45, 7) is 4.58. The molecule has 1 fully saturated rings. The number of rotatable bonds is 5. The lowest BCUT2D eigenvalue weighted by molar-refractivity contribution is 0.179. The van der Waals surface area contributed by atoms with Crippen LogP contribution in [0.25, 0.3) is 0 Å². The molecule has 0 saturated carbocycles. The summed E-state index contributed by atoms with van der Waals surface area (Å²) in [4.78, 5) is 8.42. The molecule has 2 aliphatic rings. The number of aliphatic imine (C=N–C) groups is 1. The average molecular weight is 460 g/mol. The van der Waals surface area contributed by atoms with Gasteiger partial charge in [-0.05, 0) is 56.1 Å². The molecule has 0 bridgehead atoms. The summed E-state index contributed by atoms with van der Waals surface area (Å²) in [5.74, 6) is 1.72. The van der Waals surface area contributed by atoms with Crippen molar-refractivity contribution in [2.24, 2.45) is 10.9 Å². The zero-order valence-electron chi connectivity index (χ0n) is 14.4. The topological polar surface area (TPSA) is 39.7 Å². The molecule has 1 aliphatic carbocycles. The Kier molecular flexibility index (Phi) is 8.55. The number of nitrogens with zero attached hydrogens (tertiary/aromatic N) is 2. The first-order chi connectivity index (χ1) is 11.3. The molecule has 1 aromatic heterocycles. The summed E-state index contributed by atoms with van der Waals surface area (Å²) in [7, 11) is 1.86. The van der Waals surface area contributed by atoms with Gasteiger partial charge in [0.25, 0.3) is 0 Å². The molecule has 0 unspecified atom stereocenters. The highest BCUT2D eigenvalue weighted by Crippen LogP contribution is 2.20. The van der Waals surface area contributed by atoms with E-state index in [1.165, 1.54) is 30.8 Å². The van der Waals surface area contributed by atoms with Gasteiger partial charge in [0.2, 0.25) is 0 Å². The fourth-order valence-corrected chi connectivity index (χ4v) is 4.08. The molecule has 4 nitrogen and oxygen atoms in total. The Bertz CT molecular complexity index is 513. The minimum atomic E-state index is 0. The van der Waals surface area contributed by atoms with E-state index in [1.54, 1.807) is 0 Å². The average Bonchev–Trinajstić information content (AvgIpc) is 3.26. The van der Waals surface area contributed by atoms with Gasteiger partial charge in [-0.2, -0.15) is 0 Å². The van der Waals surface area contributed by atoms with Crippen LogP contribution in [0, 0.1) is 5.92 Å². The first-order valence-corrected chi connectivity index (χ1v) is 9.58. The van der Waals surface area contributed by atoms with Crippen molar-refractivity contribution in [1.82, 2.24) is 15.5 Å². The predicted molar refractivity (Wildman–Crippen MR) is 114 cm³/mol. The Morgan fingerprint density at radius 3 is 2.67 bits per heavy atom. The number of hydrogen-bond acceptors (Lipinski definition) is 3. The largest absolute Gasteiger partial charge is 0.356 e. The molecule has 0 atom stereocenters. The third kappa shape index (κ3) is 6.04. The van der Waals surface area contributed by atoms with Crippen LogP contribution in [0.15, 0.2) is 34.7 Å². The molecule has 24 heavy (non-hydrogen) atoms. The number of nitrogens with one attached hydrogen (secondary N) is 2. The zero-order valence-corrected chi connectivity index (χ0v) is 17.6. The first kappa shape index (κ1) is 19.7. The molecule has 1 aliphatic heterocycles. The Morgan fingerprint density at radius 2 is 2.04 bits per heavy atom. The van der Waals surface area contributed by atoms with Gasteiger partial charge in [-0.1, -0.05) is 18.2 Å². The van der Waals surface area contributed by atoms with Crippen LogP contribution in [0.2, 0.25) is 0 Å². The lowest BCUT2D eigenvalue weighted by atomic mass is 9.97. The van der Waals surface area contributed by atoms with Crippen LogP contribution in [-0.4, -0.2) is 43.6 Å². The molecule has 2 N–H and O–H groups in total. The number of hydrogen-bond donors (Lipinski definition) is 2. The van der Waals surface area contributed by atoms with Crippen LogP contribution < -0.4 is 10.6 Å². The first-order valence-electron chi connectivity index (χ1n) is 8.70.